The van der Waals surface area contributed by atoms with E-state index in [1.165, 1.54) is 0 Å². The Bertz CT molecular complexity index is 686. The minimum absolute atomic E-state index is 0.226. The second kappa shape index (κ2) is 6.23. The van der Waals surface area contributed by atoms with Crippen molar-refractivity contribution < 1.29 is 0 Å². The summed E-state index contributed by atoms with van der Waals surface area (Å²) in [6.45, 7) is 6.06. The molecule has 0 aliphatic carbocycles. The maximum absolute atomic E-state index is 9.17. The zero-order valence-corrected chi connectivity index (χ0v) is 12.7. The third-order valence-electron chi connectivity index (χ3n) is 3.22. The molecule has 0 amide bonds. The van der Waals surface area contributed by atoms with Crippen LogP contribution in [0.5, 0.6) is 0 Å². The van der Waals surface area contributed by atoms with E-state index in [9.17, 15) is 5.26 Å². The Kier molecular flexibility index (Phi) is 4.39. The third kappa shape index (κ3) is 3.11. The zero-order chi connectivity index (χ0) is 15.4. The quantitative estimate of drug-likeness (QED) is 0.896. The Morgan fingerprint density at radius 2 is 1.81 bits per heavy atom. The number of nitrogens with zero attached hydrogens (tertiary/aromatic N) is 3. The summed E-state index contributed by atoms with van der Waals surface area (Å²) < 4.78 is 0. The first kappa shape index (κ1) is 14.8. The molecular formula is C16H19N5. The molecular weight excluding hydrogens is 262 g/mol. The summed E-state index contributed by atoms with van der Waals surface area (Å²) in [7, 11) is 1.84. The SMILES string of the molecule is CNc1nc(C(C)C)nc(Nc2ccccc2C#N)c1C. The van der Waals surface area contributed by atoms with E-state index in [1.54, 1.807) is 6.07 Å². The van der Waals surface area contributed by atoms with Crippen LogP contribution in [0.3, 0.4) is 0 Å². The van der Waals surface area contributed by atoms with Crippen molar-refractivity contribution in [2.24, 2.45) is 0 Å². The lowest BCUT2D eigenvalue weighted by molar-refractivity contribution is 0.775. The molecule has 2 N–H and O–H groups in total. The molecule has 0 unspecified atom stereocenters. The van der Waals surface area contributed by atoms with E-state index in [2.05, 4.69) is 40.5 Å². The van der Waals surface area contributed by atoms with E-state index >= 15 is 0 Å². The molecule has 1 heterocycles. The topological polar surface area (TPSA) is 73.6 Å². The lowest BCUT2D eigenvalue weighted by atomic mass is 10.1. The van der Waals surface area contributed by atoms with Crippen LogP contribution in [0.1, 0.15) is 36.7 Å². The molecule has 0 saturated heterocycles. The summed E-state index contributed by atoms with van der Waals surface area (Å²) in [4.78, 5) is 9.09. The molecule has 1 aromatic heterocycles. The van der Waals surface area contributed by atoms with Gasteiger partial charge < -0.3 is 10.6 Å². The molecule has 21 heavy (non-hydrogen) atoms. The zero-order valence-electron chi connectivity index (χ0n) is 12.7. The van der Waals surface area contributed by atoms with E-state index in [0.717, 1.165) is 28.7 Å². The van der Waals surface area contributed by atoms with E-state index in [0.29, 0.717) is 5.56 Å². The molecule has 0 aliphatic rings. The van der Waals surface area contributed by atoms with Crippen molar-refractivity contribution in [3.8, 4) is 6.07 Å². The first-order valence-electron chi connectivity index (χ1n) is 6.89. The lowest BCUT2D eigenvalue weighted by Crippen LogP contribution is -2.08. The predicted molar refractivity (Wildman–Crippen MR) is 84.8 cm³/mol. The van der Waals surface area contributed by atoms with Gasteiger partial charge in [0, 0.05) is 18.5 Å². The van der Waals surface area contributed by atoms with Crippen molar-refractivity contribution in [2.45, 2.75) is 26.7 Å². The maximum Gasteiger partial charge on any atom is 0.139 e. The highest BCUT2D eigenvalue weighted by atomic mass is 15.1. The van der Waals surface area contributed by atoms with Crippen LogP contribution in [0.15, 0.2) is 24.3 Å². The smallest absolute Gasteiger partial charge is 0.139 e. The highest BCUT2D eigenvalue weighted by Crippen LogP contribution is 2.26. The van der Waals surface area contributed by atoms with Gasteiger partial charge in [-0.15, -0.1) is 0 Å². The molecule has 1 aromatic carbocycles. The summed E-state index contributed by atoms with van der Waals surface area (Å²) in [5.74, 6) is 2.51. The van der Waals surface area contributed by atoms with Crippen molar-refractivity contribution in [3.05, 3.63) is 41.2 Å². The molecule has 0 spiro atoms. The van der Waals surface area contributed by atoms with Gasteiger partial charge in [0.05, 0.1) is 11.3 Å². The van der Waals surface area contributed by atoms with Crippen molar-refractivity contribution in [1.82, 2.24) is 9.97 Å². The number of anilines is 3. The Balaban J connectivity index is 2.48. The van der Waals surface area contributed by atoms with Gasteiger partial charge in [0.1, 0.15) is 23.5 Å². The van der Waals surface area contributed by atoms with Crippen LogP contribution < -0.4 is 10.6 Å². The van der Waals surface area contributed by atoms with Crippen LogP contribution in [0.4, 0.5) is 17.3 Å². The van der Waals surface area contributed by atoms with E-state index < -0.39 is 0 Å². The summed E-state index contributed by atoms with van der Waals surface area (Å²) in [6.07, 6.45) is 0. The van der Waals surface area contributed by atoms with Gasteiger partial charge >= 0.3 is 0 Å². The summed E-state index contributed by atoms with van der Waals surface area (Å²) in [5.41, 5.74) is 2.26. The van der Waals surface area contributed by atoms with E-state index in [1.807, 2.05) is 32.2 Å². The average molecular weight is 281 g/mol. The Morgan fingerprint density at radius 1 is 1.14 bits per heavy atom. The van der Waals surface area contributed by atoms with Crippen LogP contribution in [0.2, 0.25) is 0 Å². The molecule has 2 rings (SSSR count). The lowest BCUT2D eigenvalue weighted by Gasteiger charge is -2.15. The first-order chi connectivity index (χ1) is 10.1. The number of para-hydroxylation sites is 1. The van der Waals surface area contributed by atoms with E-state index in [4.69, 9.17) is 0 Å². The fourth-order valence-electron chi connectivity index (χ4n) is 1.97. The molecule has 108 valence electrons. The van der Waals surface area contributed by atoms with Gasteiger partial charge in [-0.2, -0.15) is 5.26 Å². The van der Waals surface area contributed by atoms with Crippen LogP contribution in [-0.2, 0) is 0 Å². The highest BCUT2D eigenvalue weighted by Gasteiger charge is 2.13. The second-order valence-electron chi connectivity index (χ2n) is 5.09. The van der Waals surface area contributed by atoms with Gasteiger partial charge in [-0.25, -0.2) is 9.97 Å². The summed E-state index contributed by atoms with van der Waals surface area (Å²) >= 11 is 0. The Hall–Kier alpha value is -2.61. The molecule has 0 saturated carbocycles. The normalized spacial score (nSPS) is 10.3. The number of hydrogen-bond acceptors (Lipinski definition) is 5. The van der Waals surface area contributed by atoms with Gasteiger partial charge in [-0.05, 0) is 19.1 Å². The largest absolute Gasteiger partial charge is 0.373 e. The minimum atomic E-state index is 0.226. The molecule has 5 nitrogen and oxygen atoms in total. The van der Waals surface area contributed by atoms with Gasteiger partial charge in [0.15, 0.2) is 0 Å². The standard InChI is InChI=1S/C16H19N5/c1-10(2)14-20-15(18-4)11(3)16(21-14)19-13-8-6-5-7-12(13)9-17/h5-8,10H,1-4H3,(H2,18,19,20,21). The minimum Gasteiger partial charge on any atom is -0.373 e. The van der Waals surface area contributed by atoms with Crippen LogP contribution in [-0.4, -0.2) is 17.0 Å². The monoisotopic (exact) mass is 281 g/mol. The number of benzene rings is 1. The Morgan fingerprint density at radius 3 is 2.43 bits per heavy atom. The molecule has 5 heteroatoms. The van der Waals surface area contributed by atoms with Crippen molar-refractivity contribution >= 4 is 17.3 Å². The first-order valence-corrected chi connectivity index (χ1v) is 6.89. The molecule has 2 aromatic rings. The molecule has 0 fully saturated rings. The Labute approximate surface area is 125 Å². The predicted octanol–water partition coefficient (Wildman–Crippen LogP) is 3.57. The van der Waals surface area contributed by atoms with E-state index in [-0.39, 0.29) is 5.92 Å². The van der Waals surface area contributed by atoms with Crippen LogP contribution in [0.25, 0.3) is 0 Å². The summed E-state index contributed by atoms with van der Waals surface area (Å²) in [6, 6.07) is 9.56. The maximum atomic E-state index is 9.17. The fourth-order valence-corrected chi connectivity index (χ4v) is 1.97. The van der Waals surface area contributed by atoms with Crippen molar-refractivity contribution in [3.63, 3.8) is 0 Å². The van der Waals surface area contributed by atoms with Gasteiger partial charge in [0.25, 0.3) is 0 Å². The van der Waals surface area contributed by atoms with Gasteiger partial charge in [0.2, 0.25) is 0 Å². The number of rotatable bonds is 4. The van der Waals surface area contributed by atoms with Gasteiger partial charge in [-0.1, -0.05) is 26.0 Å². The second-order valence-corrected chi connectivity index (χ2v) is 5.09. The molecule has 0 radical (unpaired) electrons. The summed E-state index contributed by atoms with van der Waals surface area (Å²) in [5, 5.41) is 15.5. The van der Waals surface area contributed by atoms with Crippen LogP contribution in [0, 0.1) is 18.3 Å². The number of aromatic nitrogens is 2. The third-order valence-corrected chi connectivity index (χ3v) is 3.22. The molecule has 0 bridgehead atoms. The van der Waals surface area contributed by atoms with Crippen LogP contribution >= 0.6 is 0 Å². The van der Waals surface area contributed by atoms with Gasteiger partial charge in [-0.3, -0.25) is 0 Å². The van der Waals surface area contributed by atoms with Crippen molar-refractivity contribution in [2.75, 3.05) is 17.7 Å². The molecule has 0 atom stereocenters. The number of nitriles is 1. The highest BCUT2D eigenvalue weighted by molar-refractivity contribution is 5.69. The molecule has 0 aliphatic heterocycles. The average Bonchev–Trinajstić information content (AvgIpc) is 2.49. The number of nitrogens with one attached hydrogen (secondary N) is 2. The fraction of sp³-hybridized carbons (Fsp3) is 0.312. The van der Waals surface area contributed by atoms with Crippen molar-refractivity contribution in [1.29, 1.82) is 5.26 Å². The number of hydrogen-bond donors (Lipinski definition) is 2.